The van der Waals surface area contributed by atoms with Gasteiger partial charge in [0.05, 0.1) is 5.69 Å². The average molecular weight is 325 g/mol. The number of benzene rings is 1. The minimum atomic E-state index is -0.524. The molecular formula is C18H19N3O3. The largest absolute Gasteiger partial charge is 0.454 e. The quantitative estimate of drug-likeness (QED) is 0.591. The molecule has 2 heterocycles. The van der Waals surface area contributed by atoms with Crippen LogP contribution in [0.1, 0.15) is 37.8 Å². The van der Waals surface area contributed by atoms with Crippen molar-refractivity contribution in [1.82, 2.24) is 14.8 Å². The average Bonchev–Trinajstić information content (AvgIpc) is 3.00. The molecule has 0 aliphatic carbocycles. The number of carbonyl (C=O) groups is 2. The van der Waals surface area contributed by atoms with E-state index in [2.05, 4.69) is 10.1 Å². The van der Waals surface area contributed by atoms with Gasteiger partial charge in [0, 0.05) is 34.9 Å². The number of H-pyrrole nitrogens is 1. The van der Waals surface area contributed by atoms with Gasteiger partial charge < -0.3 is 9.72 Å². The van der Waals surface area contributed by atoms with Crippen LogP contribution in [0.5, 0.6) is 0 Å². The predicted octanol–water partition coefficient (Wildman–Crippen LogP) is 2.87. The van der Waals surface area contributed by atoms with Crippen molar-refractivity contribution in [3.8, 4) is 0 Å². The molecule has 3 rings (SSSR count). The molecule has 2 aromatic heterocycles. The smallest absolute Gasteiger partial charge is 0.342 e. The summed E-state index contributed by atoms with van der Waals surface area (Å²) in [6.07, 6.45) is 0. The number of aryl methyl sites for hydroxylation is 3. The topological polar surface area (TPSA) is 77.0 Å². The minimum absolute atomic E-state index is 0.225. The zero-order valence-corrected chi connectivity index (χ0v) is 14.1. The fraction of sp³-hybridized carbons (Fsp3) is 0.278. The van der Waals surface area contributed by atoms with Gasteiger partial charge in [-0.2, -0.15) is 5.10 Å². The number of nitrogens with one attached hydrogen (secondary N) is 1. The maximum absolute atomic E-state index is 12.5. The van der Waals surface area contributed by atoms with E-state index in [4.69, 9.17) is 4.74 Å². The zero-order chi connectivity index (χ0) is 17.4. The second-order valence-electron chi connectivity index (χ2n) is 5.84. The minimum Gasteiger partial charge on any atom is -0.454 e. The Morgan fingerprint density at radius 3 is 2.54 bits per heavy atom. The van der Waals surface area contributed by atoms with Crippen molar-refractivity contribution in [2.24, 2.45) is 7.05 Å². The Morgan fingerprint density at radius 2 is 1.88 bits per heavy atom. The Kier molecular flexibility index (Phi) is 3.97. The van der Waals surface area contributed by atoms with E-state index in [1.807, 2.05) is 31.2 Å². The summed E-state index contributed by atoms with van der Waals surface area (Å²) < 4.78 is 6.86. The summed E-state index contributed by atoms with van der Waals surface area (Å²) in [5.74, 6) is -0.749. The molecule has 0 aliphatic heterocycles. The third-order valence-electron chi connectivity index (χ3n) is 4.22. The lowest BCUT2D eigenvalue weighted by Gasteiger charge is -2.05. The summed E-state index contributed by atoms with van der Waals surface area (Å²) >= 11 is 0. The SMILES string of the molecule is Cc1nn(C)c(C)c1C(=O)OCC(=O)c1c(C)[nH]c2ccccc12. The molecule has 0 spiro atoms. The van der Waals surface area contributed by atoms with Gasteiger partial charge in [-0.05, 0) is 26.8 Å². The van der Waals surface area contributed by atoms with Gasteiger partial charge in [0.15, 0.2) is 6.61 Å². The van der Waals surface area contributed by atoms with E-state index in [-0.39, 0.29) is 12.4 Å². The van der Waals surface area contributed by atoms with Crippen LogP contribution in [-0.2, 0) is 11.8 Å². The third kappa shape index (κ3) is 2.60. The number of Topliss-reactive ketones (excluding diaryl/α,β-unsaturated/α-hetero) is 1. The van der Waals surface area contributed by atoms with Gasteiger partial charge in [0.1, 0.15) is 5.56 Å². The fourth-order valence-electron chi connectivity index (χ4n) is 2.98. The highest BCUT2D eigenvalue weighted by Crippen LogP contribution is 2.22. The van der Waals surface area contributed by atoms with Gasteiger partial charge in [-0.1, -0.05) is 18.2 Å². The number of rotatable bonds is 4. The first kappa shape index (κ1) is 16.0. The number of ether oxygens (including phenoxy) is 1. The van der Waals surface area contributed by atoms with Gasteiger partial charge >= 0.3 is 5.97 Å². The number of ketones is 1. The number of aromatic amines is 1. The first-order valence-corrected chi connectivity index (χ1v) is 7.68. The van der Waals surface area contributed by atoms with Gasteiger partial charge in [0.25, 0.3) is 0 Å². The number of aromatic nitrogens is 3. The van der Waals surface area contributed by atoms with Crippen molar-refractivity contribution in [2.45, 2.75) is 20.8 Å². The summed E-state index contributed by atoms with van der Waals surface area (Å²) in [6.45, 7) is 5.08. The number of hydrogen-bond acceptors (Lipinski definition) is 4. The number of nitrogens with zero attached hydrogens (tertiary/aromatic N) is 2. The van der Waals surface area contributed by atoms with Crippen molar-refractivity contribution >= 4 is 22.7 Å². The number of carbonyl (C=O) groups excluding carboxylic acids is 2. The molecule has 0 radical (unpaired) electrons. The molecular weight excluding hydrogens is 306 g/mol. The van der Waals surface area contributed by atoms with Crippen LogP contribution in [0.15, 0.2) is 24.3 Å². The Labute approximate surface area is 139 Å². The maximum Gasteiger partial charge on any atom is 0.342 e. The molecule has 0 unspecified atom stereocenters. The number of hydrogen-bond donors (Lipinski definition) is 1. The van der Waals surface area contributed by atoms with Crippen LogP contribution in [0.2, 0.25) is 0 Å². The Morgan fingerprint density at radius 1 is 1.17 bits per heavy atom. The van der Waals surface area contributed by atoms with E-state index in [1.165, 1.54) is 0 Å². The van der Waals surface area contributed by atoms with Crippen molar-refractivity contribution in [3.63, 3.8) is 0 Å². The highest BCUT2D eigenvalue weighted by atomic mass is 16.5. The molecule has 0 aliphatic rings. The standard InChI is InChI=1S/C18H19N3O3/c1-10-17(13-7-5-6-8-14(13)19-10)15(22)9-24-18(23)16-11(2)20-21(4)12(16)3/h5-8,19H,9H2,1-4H3. The lowest BCUT2D eigenvalue weighted by atomic mass is 10.1. The summed E-state index contributed by atoms with van der Waals surface area (Å²) in [5.41, 5.74) is 3.96. The molecule has 24 heavy (non-hydrogen) atoms. The molecule has 3 aromatic rings. The summed E-state index contributed by atoms with van der Waals surface area (Å²) in [4.78, 5) is 28.0. The molecule has 6 nitrogen and oxygen atoms in total. The van der Waals surface area contributed by atoms with Crippen molar-refractivity contribution in [2.75, 3.05) is 6.61 Å². The van der Waals surface area contributed by atoms with Crippen molar-refractivity contribution in [1.29, 1.82) is 0 Å². The highest BCUT2D eigenvalue weighted by Gasteiger charge is 2.22. The second kappa shape index (κ2) is 5.96. The lowest BCUT2D eigenvalue weighted by molar-refractivity contribution is 0.0473. The van der Waals surface area contributed by atoms with E-state index < -0.39 is 5.97 Å². The van der Waals surface area contributed by atoms with Crippen LogP contribution in [0.3, 0.4) is 0 Å². The Bertz CT molecular complexity index is 950. The maximum atomic E-state index is 12.5. The number of para-hydroxylation sites is 1. The molecule has 6 heteroatoms. The van der Waals surface area contributed by atoms with Crippen LogP contribution in [0, 0.1) is 20.8 Å². The molecule has 0 saturated heterocycles. The molecule has 1 aromatic carbocycles. The van der Waals surface area contributed by atoms with Crippen LogP contribution >= 0.6 is 0 Å². The Hall–Kier alpha value is -2.89. The molecule has 1 N–H and O–H groups in total. The van der Waals surface area contributed by atoms with Crippen LogP contribution < -0.4 is 0 Å². The van der Waals surface area contributed by atoms with E-state index in [0.717, 1.165) is 16.6 Å². The highest BCUT2D eigenvalue weighted by molar-refractivity contribution is 6.10. The van der Waals surface area contributed by atoms with E-state index in [0.29, 0.717) is 22.5 Å². The van der Waals surface area contributed by atoms with Crippen LogP contribution in [0.25, 0.3) is 10.9 Å². The normalized spacial score (nSPS) is 11.0. The first-order chi connectivity index (χ1) is 11.4. The molecule has 0 atom stereocenters. The molecule has 0 amide bonds. The molecule has 0 saturated carbocycles. The number of esters is 1. The summed E-state index contributed by atoms with van der Waals surface area (Å²) in [5, 5.41) is 5.03. The van der Waals surface area contributed by atoms with Crippen molar-refractivity contribution in [3.05, 3.63) is 52.5 Å². The third-order valence-corrected chi connectivity index (χ3v) is 4.22. The van der Waals surface area contributed by atoms with Gasteiger partial charge in [-0.25, -0.2) is 4.79 Å². The zero-order valence-electron chi connectivity index (χ0n) is 14.1. The monoisotopic (exact) mass is 325 g/mol. The molecule has 0 fully saturated rings. The fourth-order valence-corrected chi connectivity index (χ4v) is 2.98. The van der Waals surface area contributed by atoms with Gasteiger partial charge in [-0.15, -0.1) is 0 Å². The van der Waals surface area contributed by atoms with E-state index in [1.54, 1.807) is 25.6 Å². The Balaban J connectivity index is 1.80. The summed E-state index contributed by atoms with van der Waals surface area (Å²) in [7, 11) is 1.76. The lowest BCUT2D eigenvalue weighted by Crippen LogP contribution is -2.16. The predicted molar refractivity (Wildman–Crippen MR) is 90.3 cm³/mol. The van der Waals surface area contributed by atoms with Gasteiger partial charge in [-0.3, -0.25) is 9.48 Å². The van der Waals surface area contributed by atoms with Crippen molar-refractivity contribution < 1.29 is 14.3 Å². The second-order valence-corrected chi connectivity index (χ2v) is 5.84. The van der Waals surface area contributed by atoms with Gasteiger partial charge in [0.2, 0.25) is 5.78 Å². The van der Waals surface area contributed by atoms with Crippen LogP contribution in [0.4, 0.5) is 0 Å². The molecule has 0 bridgehead atoms. The first-order valence-electron chi connectivity index (χ1n) is 7.68. The molecule has 124 valence electrons. The van der Waals surface area contributed by atoms with E-state index in [9.17, 15) is 9.59 Å². The van der Waals surface area contributed by atoms with E-state index >= 15 is 0 Å². The number of fused-ring (bicyclic) bond motifs is 1. The van der Waals surface area contributed by atoms with Crippen LogP contribution in [-0.4, -0.2) is 33.1 Å². The summed E-state index contributed by atoms with van der Waals surface area (Å²) in [6, 6.07) is 7.57.